The lowest BCUT2D eigenvalue weighted by Crippen LogP contribution is -2.10. The standard InChI is InChI=1S/C28H23FN8O/c1-3-4-23(38)32-19-12-17(13-30-14-19)21-5-6-22-25(33-21)26(37-36-22)28-34-24-20(7-8-31-27(24)35-28)16-9-15(2)10-18(29)11-16/h5-14H,3-4H2,1-2H3,(H,32,38)(H,36,37)(H,31,34,35). The molecule has 0 bridgehead atoms. The van der Waals surface area contributed by atoms with Crippen molar-refractivity contribution in [1.82, 2.24) is 35.1 Å². The molecule has 0 fully saturated rings. The zero-order chi connectivity index (χ0) is 26.2. The molecule has 5 aromatic heterocycles. The third-order valence-electron chi connectivity index (χ3n) is 6.17. The Hall–Kier alpha value is -4.99. The Balaban J connectivity index is 1.41. The maximum absolute atomic E-state index is 14.1. The number of imidazole rings is 1. The number of nitrogens with one attached hydrogen (secondary N) is 3. The van der Waals surface area contributed by atoms with Gasteiger partial charge in [-0.2, -0.15) is 5.10 Å². The van der Waals surface area contributed by atoms with Crippen LogP contribution in [0.1, 0.15) is 25.3 Å². The number of nitrogens with zero attached hydrogens (tertiary/aromatic N) is 5. The van der Waals surface area contributed by atoms with Crippen LogP contribution in [0.15, 0.2) is 61.1 Å². The molecule has 0 aliphatic heterocycles. The summed E-state index contributed by atoms with van der Waals surface area (Å²) in [5, 5.41) is 10.3. The molecule has 6 rings (SSSR count). The average Bonchev–Trinajstić information content (AvgIpc) is 3.52. The number of hydrogen-bond donors (Lipinski definition) is 3. The lowest BCUT2D eigenvalue weighted by Gasteiger charge is -2.06. The van der Waals surface area contributed by atoms with Gasteiger partial charge in [0.05, 0.1) is 28.6 Å². The Morgan fingerprint density at radius 3 is 2.79 bits per heavy atom. The molecule has 10 heteroatoms. The molecule has 5 heterocycles. The highest BCUT2D eigenvalue weighted by Crippen LogP contribution is 2.32. The van der Waals surface area contributed by atoms with Crippen LogP contribution in [0, 0.1) is 12.7 Å². The van der Waals surface area contributed by atoms with Gasteiger partial charge in [-0.1, -0.05) is 13.0 Å². The monoisotopic (exact) mass is 506 g/mol. The summed E-state index contributed by atoms with van der Waals surface area (Å²) < 4.78 is 14.1. The molecule has 3 N–H and O–H groups in total. The number of carbonyl (C=O) groups is 1. The van der Waals surface area contributed by atoms with Crippen LogP contribution in [0.25, 0.3) is 56.1 Å². The van der Waals surface area contributed by atoms with Crippen molar-refractivity contribution in [2.75, 3.05) is 5.32 Å². The molecule has 188 valence electrons. The van der Waals surface area contributed by atoms with Gasteiger partial charge in [0.15, 0.2) is 17.2 Å². The second kappa shape index (κ2) is 9.47. The van der Waals surface area contributed by atoms with E-state index in [1.54, 1.807) is 18.6 Å². The van der Waals surface area contributed by atoms with Crippen LogP contribution in [0.3, 0.4) is 0 Å². The minimum absolute atomic E-state index is 0.0572. The Bertz CT molecular complexity index is 1800. The lowest BCUT2D eigenvalue weighted by molar-refractivity contribution is -0.116. The number of benzene rings is 1. The molecule has 0 aliphatic rings. The fourth-order valence-electron chi connectivity index (χ4n) is 4.48. The van der Waals surface area contributed by atoms with Gasteiger partial charge in [0.2, 0.25) is 5.91 Å². The van der Waals surface area contributed by atoms with Crippen molar-refractivity contribution in [3.63, 3.8) is 0 Å². The highest BCUT2D eigenvalue weighted by atomic mass is 19.1. The van der Waals surface area contributed by atoms with Gasteiger partial charge >= 0.3 is 0 Å². The minimum atomic E-state index is -0.303. The third kappa shape index (κ3) is 4.36. The summed E-state index contributed by atoms with van der Waals surface area (Å²) in [7, 11) is 0. The largest absolute Gasteiger partial charge is 0.335 e. The van der Waals surface area contributed by atoms with Crippen LogP contribution in [0.2, 0.25) is 0 Å². The Kier molecular flexibility index (Phi) is 5.83. The molecule has 0 spiro atoms. The van der Waals surface area contributed by atoms with E-state index >= 15 is 0 Å². The molecule has 0 atom stereocenters. The predicted octanol–water partition coefficient (Wildman–Crippen LogP) is 5.81. The lowest BCUT2D eigenvalue weighted by atomic mass is 10.0. The summed E-state index contributed by atoms with van der Waals surface area (Å²) in [6.45, 7) is 3.81. The Morgan fingerprint density at radius 2 is 1.95 bits per heavy atom. The molecule has 9 nitrogen and oxygen atoms in total. The van der Waals surface area contributed by atoms with Crippen molar-refractivity contribution in [1.29, 1.82) is 0 Å². The number of amides is 1. The van der Waals surface area contributed by atoms with E-state index in [9.17, 15) is 9.18 Å². The number of pyridine rings is 3. The summed E-state index contributed by atoms with van der Waals surface area (Å²) in [4.78, 5) is 33.5. The van der Waals surface area contributed by atoms with E-state index in [0.717, 1.165) is 34.2 Å². The molecule has 0 saturated carbocycles. The van der Waals surface area contributed by atoms with Crippen molar-refractivity contribution in [2.45, 2.75) is 26.7 Å². The molecular weight excluding hydrogens is 483 g/mol. The van der Waals surface area contributed by atoms with Gasteiger partial charge in [-0.25, -0.2) is 19.3 Å². The van der Waals surface area contributed by atoms with Gasteiger partial charge in [0.25, 0.3) is 0 Å². The molecule has 6 aromatic rings. The van der Waals surface area contributed by atoms with E-state index in [0.29, 0.717) is 46.0 Å². The summed E-state index contributed by atoms with van der Waals surface area (Å²) >= 11 is 0. The zero-order valence-corrected chi connectivity index (χ0v) is 20.7. The predicted molar refractivity (Wildman–Crippen MR) is 144 cm³/mol. The third-order valence-corrected chi connectivity index (χ3v) is 6.17. The van der Waals surface area contributed by atoms with Crippen LogP contribution in [0.4, 0.5) is 10.1 Å². The topological polar surface area (TPSA) is 125 Å². The van der Waals surface area contributed by atoms with Crippen molar-refractivity contribution >= 4 is 33.8 Å². The smallest absolute Gasteiger partial charge is 0.224 e. The van der Waals surface area contributed by atoms with Crippen LogP contribution < -0.4 is 5.32 Å². The summed E-state index contributed by atoms with van der Waals surface area (Å²) in [6, 6.07) is 12.3. The van der Waals surface area contributed by atoms with Gasteiger partial charge in [-0.05, 0) is 60.9 Å². The number of hydrogen-bond acceptors (Lipinski definition) is 6. The molecule has 38 heavy (non-hydrogen) atoms. The first kappa shape index (κ1) is 23.4. The highest BCUT2D eigenvalue weighted by Gasteiger charge is 2.18. The number of carbonyl (C=O) groups excluding carboxylic acids is 1. The number of anilines is 1. The first-order chi connectivity index (χ1) is 18.5. The van der Waals surface area contributed by atoms with E-state index in [-0.39, 0.29) is 11.7 Å². The number of aromatic nitrogens is 7. The zero-order valence-electron chi connectivity index (χ0n) is 20.7. The van der Waals surface area contributed by atoms with E-state index in [1.807, 2.05) is 44.2 Å². The van der Waals surface area contributed by atoms with Crippen LogP contribution >= 0.6 is 0 Å². The van der Waals surface area contributed by atoms with Gasteiger partial charge in [0.1, 0.15) is 11.3 Å². The van der Waals surface area contributed by atoms with E-state index in [2.05, 4.69) is 35.5 Å². The second-order valence-electron chi connectivity index (χ2n) is 9.09. The summed E-state index contributed by atoms with van der Waals surface area (Å²) in [5.41, 5.74) is 7.43. The molecular formula is C28H23FN8O. The molecule has 0 unspecified atom stereocenters. The van der Waals surface area contributed by atoms with Crippen LogP contribution in [-0.4, -0.2) is 41.0 Å². The van der Waals surface area contributed by atoms with E-state index < -0.39 is 0 Å². The Labute approximate surface area is 216 Å². The maximum Gasteiger partial charge on any atom is 0.224 e. The molecule has 1 aromatic carbocycles. The fourth-order valence-corrected chi connectivity index (χ4v) is 4.48. The van der Waals surface area contributed by atoms with Crippen molar-refractivity contribution in [2.24, 2.45) is 0 Å². The highest BCUT2D eigenvalue weighted by molar-refractivity contribution is 5.95. The second-order valence-corrected chi connectivity index (χ2v) is 9.09. The number of aromatic amines is 2. The van der Waals surface area contributed by atoms with Gasteiger partial charge < -0.3 is 10.3 Å². The number of halogens is 1. The quantitative estimate of drug-likeness (QED) is 0.262. The van der Waals surface area contributed by atoms with Gasteiger partial charge in [0, 0.05) is 29.9 Å². The molecule has 0 radical (unpaired) electrons. The first-order valence-corrected chi connectivity index (χ1v) is 12.2. The average molecular weight is 507 g/mol. The minimum Gasteiger partial charge on any atom is -0.335 e. The molecule has 0 aliphatic carbocycles. The number of fused-ring (bicyclic) bond motifs is 2. The Morgan fingerprint density at radius 1 is 1.05 bits per heavy atom. The van der Waals surface area contributed by atoms with Crippen LogP contribution in [-0.2, 0) is 4.79 Å². The molecule has 0 saturated heterocycles. The van der Waals surface area contributed by atoms with Crippen molar-refractivity contribution in [3.05, 3.63) is 72.4 Å². The normalized spacial score (nSPS) is 11.3. The van der Waals surface area contributed by atoms with Crippen molar-refractivity contribution < 1.29 is 9.18 Å². The molecule has 1 amide bonds. The maximum atomic E-state index is 14.1. The summed E-state index contributed by atoms with van der Waals surface area (Å²) in [6.07, 6.45) is 6.17. The van der Waals surface area contributed by atoms with E-state index in [1.165, 1.54) is 12.1 Å². The van der Waals surface area contributed by atoms with Crippen LogP contribution in [0.5, 0.6) is 0 Å². The number of aryl methyl sites for hydroxylation is 1. The van der Waals surface area contributed by atoms with E-state index in [4.69, 9.17) is 4.98 Å². The van der Waals surface area contributed by atoms with Crippen molar-refractivity contribution in [3.8, 4) is 33.9 Å². The number of H-pyrrole nitrogens is 2. The SMILES string of the molecule is CCCC(=O)Nc1cncc(-c2ccc3[nH]nc(-c4nc5nccc(-c6cc(C)cc(F)c6)c5[nH]4)c3n2)c1. The fraction of sp³-hybridized carbons (Fsp3) is 0.143. The number of rotatable bonds is 6. The van der Waals surface area contributed by atoms with Gasteiger partial charge in [-0.3, -0.25) is 14.9 Å². The summed E-state index contributed by atoms with van der Waals surface area (Å²) in [5.74, 6) is 0.129. The van der Waals surface area contributed by atoms with Gasteiger partial charge in [-0.15, -0.1) is 0 Å². The first-order valence-electron chi connectivity index (χ1n) is 12.2.